The van der Waals surface area contributed by atoms with Crippen LogP contribution >= 0.6 is 0 Å². The highest BCUT2D eigenvalue weighted by molar-refractivity contribution is 5.69. The molecule has 4 nitrogen and oxygen atoms in total. The highest BCUT2D eigenvalue weighted by Crippen LogP contribution is 2.40. The molecule has 0 aliphatic heterocycles. The van der Waals surface area contributed by atoms with E-state index in [-0.39, 0.29) is 42.2 Å². The number of esters is 1. The number of benzene rings is 2. The zero-order chi connectivity index (χ0) is 24.2. The fourth-order valence-electron chi connectivity index (χ4n) is 4.50. The Kier molecular flexibility index (Phi) is 8.00. The first-order valence-electron chi connectivity index (χ1n) is 11.0. The number of nitrogens with one attached hydrogen (secondary N) is 1. The Labute approximate surface area is 191 Å². The molecule has 8 heteroatoms. The summed E-state index contributed by atoms with van der Waals surface area (Å²) in [5.74, 6) is -0.777. The van der Waals surface area contributed by atoms with E-state index in [0.29, 0.717) is 12.0 Å². The van der Waals surface area contributed by atoms with Crippen molar-refractivity contribution in [2.24, 2.45) is 0 Å². The molecule has 0 spiro atoms. The highest BCUT2D eigenvalue weighted by atomic mass is 19.4. The normalized spacial score (nSPS) is 19.4. The van der Waals surface area contributed by atoms with Crippen LogP contribution < -0.4 is 10.1 Å². The molecule has 2 aromatic carbocycles. The number of methoxy groups -OCH3 is 2. The zero-order valence-electron chi connectivity index (χ0n) is 19.0. The van der Waals surface area contributed by atoms with Crippen LogP contribution in [0, 0.1) is 5.82 Å². The van der Waals surface area contributed by atoms with Gasteiger partial charge in [-0.2, -0.15) is 13.2 Å². The average Bonchev–Trinajstić information content (AvgIpc) is 3.25. The molecule has 0 bridgehead atoms. The summed E-state index contributed by atoms with van der Waals surface area (Å²) in [6.07, 6.45) is -2.29. The lowest BCUT2D eigenvalue weighted by atomic mass is 9.92. The van der Waals surface area contributed by atoms with E-state index in [4.69, 9.17) is 4.74 Å². The molecule has 33 heavy (non-hydrogen) atoms. The third kappa shape index (κ3) is 6.25. The number of rotatable bonds is 8. The van der Waals surface area contributed by atoms with Crippen molar-refractivity contribution in [3.63, 3.8) is 0 Å². The topological polar surface area (TPSA) is 47.6 Å². The van der Waals surface area contributed by atoms with Crippen LogP contribution in [0.5, 0.6) is 5.75 Å². The van der Waals surface area contributed by atoms with E-state index in [9.17, 15) is 22.4 Å². The van der Waals surface area contributed by atoms with Crippen LogP contribution in [0.25, 0.3) is 0 Å². The van der Waals surface area contributed by atoms with E-state index in [0.717, 1.165) is 18.4 Å². The van der Waals surface area contributed by atoms with E-state index in [2.05, 4.69) is 10.1 Å². The Balaban J connectivity index is 1.69. The monoisotopic (exact) mass is 467 g/mol. The highest BCUT2D eigenvalue weighted by Gasteiger charge is 2.35. The second-order valence-electron chi connectivity index (χ2n) is 8.48. The molecule has 3 rings (SSSR count). The first-order valence-corrected chi connectivity index (χ1v) is 11.0. The number of alkyl halides is 3. The molecule has 1 aliphatic carbocycles. The van der Waals surface area contributed by atoms with Gasteiger partial charge in [0.05, 0.1) is 19.8 Å². The minimum atomic E-state index is -4.49. The Morgan fingerprint density at radius 3 is 2.58 bits per heavy atom. The molecule has 0 heterocycles. The maximum absolute atomic E-state index is 13.7. The van der Waals surface area contributed by atoms with Crippen molar-refractivity contribution >= 4 is 5.97 Å². The SMILES string of the molecule is COC(=O)CCc1ccc(C2CC[C@@H](N[C@@H](C)c3ccc(F)c(OC)c3)C2)cc1C(F)(F)F. The second-order valence-corrected chi connectivity index (χ2v) is 8.48. The Morgan fingerprint density at radius 1 is 1.15 bits per heavy atom. The molecule has 180 valence electrons. The van der Waals surface area contributed by atoms with Crippen LogP contribution in [-0.4, -0.2) is 26.2 Å². The smallest absolute Gasteiger partial charge is 0.416 e. The van der Waals surface area contributed by atoms with Gasteiger partial charge in [-0.15, -0.1) is 0 Å². The van der Waals surface area contributed by atoms with Gasteiger partial charge in [-0.3, -0.25) is 4.79 Å². The molecule has 1 N–H and O–H groups in total. The fraction of sp³-hybridized carbons (Fsp3) is 0.480. The van der Waals surface area contributed by atoms with Gasteiger partial charge in [0.15, 0.2) is 11.6 Å². The third-order valence-electron chi connectivity index (χ3n) is 6.33. The second kappa shape index (κ2) is 10.5. The van der Waals surface area contributed by atoms with E-state index >= 15 is 0 Å². The Bertz CT molecular complexity index is 977. The van der Waals surface area contributed by atoms with Crippen molar-refractivity contribution < 1.29 is 31.8 Å². The maximum Gasteiger partial charge on any atom is 0.416 e. The minimum absolute atomic E-state index is 0.00760. The Morgan fingerprint density at radius 2 is 1.91 bits per heavy atom. The number of hydrogen-bond acceptors (Lipinski definition) is 4. The standard InChI is InChI=1S/C25H29F4NO3/c1-15(17-7-10-22(26)23(14-17)32-2)30-20-9-6-18(12-20)19-5-4-16(8-11-24(31)33-3)21(13-19)25(27,28)29/h4-5,7,10,13-15,18,20,30H,6,8-9,11-12H2,1-3H3/t15-,18?,20+/m0/s1. The van der Waals surface area contributed by atoms with Crippen LogP contribution in [0.3, 0.4) is 0 Å². The molecular weight excluding hydrogens is 438 g/mol. The molecule has 1 aliphatic rings. The molecule has 1 fully saturated rings. The number of carbonyl (C=O) groups is 1. The fourth-order valence-corrected chi connectivity index (χ4v) is 4.50. The first-order chi connectivity index (χ1) is 15.6. The summed E-state index contributed by atoms with van der Waals surface area (Å²) in [7, 11) is 2.63. The summed E-state index contributed by atoms with van der Waals surface area (Å²) in [4.78, 5) is 11.4. The van der Waals surface area contributed by atoms with Gasteiger partial charge in [-0.05, 0) is 73.4 Å². The summed E-state index contributed by atoms with van der Waals surface area (Å²) in [6, 6.07) is 9.24. The van der Waals surface area contributed by atoms with Gasteiger partial charge in [0, 0.05) is 18.5 Å². The summed E-state index contributed by atoms with van der Waals surface area (Å²) in [6.45, 7) is 1.97. The summed E-state index contributed by atoms with van der Waals surface area (Å²) >= 11 is 0. The maximum atomic E-state index is 13.7. The minimum Gasteiger partial charge on any atom is -0.494 e. The van der Waals surface area contributed by atoms with E-state index < -0.39 is 23.5 Å². The van der Waals surface area contributed by atoms with E-state index in [1.54, 1.807) is 18.2 Å². The lowest BCUT2D eigenvalue weighted by Crippen LogP contribution is -2.29. The summed E-state index contributed by atoms with van der Waals surface area (Å²) < 4.78 is 64.3. The number of halogens is 4. The molecule has 2 aromatic rings. The summed E-state index contributed by atoms with van der Waals surface area (Å²) in [5, 5.41) is 3.51. The average molecular weight is 468 g/mol. The van der Waals surface area contributed by atoms with Crippen LogP contribution in [-0.2, 0) is 22.1 Å². The molecule has 0 aromatic heterocycles. The lowest BCUT2D eigenvalue weighted by molar-refractivity contribution is -0.142. The van der Waals surface area contributed by atoms with Crippen molar-refractivity contribution in [2.75, 3.05) is 14.2 Å². The molecule has 1 saturated carbocycles. The van der Waals surface area contributed by atoms with Crippen LogP contribution in [0.15, 0.2) is 36.4 Å². The van der Waals surface area contributed by atoms with Crippen LogP contribution in [0.1, 0.15) is 66.8 Å². The van der Waals surface area contributed by atoms with E-state index in [1.807, 2.05) is 6.92 Å². The number of ether oxygens (including phenoxy) is 2. The van der Waals surface area contributed by atoms with Gasteiger partial charge in [-0.25, -0.2) is 4.39 Å². The quantitative estimate of drug-likeness (QED) is 0.385. The molecule has 0 amide bonds. The van der Waals surface area contributed by atoms with Crippen LogP contribution in [0.4, 0.5) is 17.6 Å². The van der Waals surface area contributed by atoms with Gasteiger partial charge in [0.1, 0.15) is 0 Å². The Hall–Kier alpha value is -2.61. The zero-order valence-corrected chi connectivity index (χ0v) is 19.0. The first kappa shape index (κ1) is 25.0. The number of hydrogen-bond donors (Lipinski definition) is 1. The van der Waals surface area contributed by atoms with Crippen molar-refractivity contribution in [1.82, 2.24) is 5.32 Å². The molecule has 1 unspecified atom stereocenters. The largest absolute Gasteiger partial charge is 0.494 e. The predicted molar refractivity (Wildman–Crippen MR) is 117 cm³/mol. The molecule has 0 saturated heterocycles. The number of aryl methyl sites for hydroxylation is 1. The van der Waals surface area contributed by atoms with Crippen molar-refractivity contribution in [1.29, 1.82) is 0 Å². The van der Waals surface area contributed by atoms with Gasteiger partial charge in [0.25, 0.3) is 0 Å². The van der Waals surface area contributed by atoms with Crippen molar-refractivity contribution in [2.45, 2.75) is 63.2 Å². The molecule has 3 atom stereocenters. The van der Waals surface area contributed by atoms with Crippen molar-refractivity contribution in [3.8, 4) is 5.75 Å². The third-order valence-corrected chi connectivity index (χ3v) is 6.33. The van der Waals surface area contributed by atoms with Crippen molar-refractivity contribution in [3.05, 3.63) is 64.5 Å². The molecule has 0 radical (unpaired) electrons. The number of carbonyl (C=O) groups excluding carboxylic acids is 1. The van der Waals surface area contributed by atoms with Crippen LogP contribution in [0.2, 0.25) is 0 Å². The predicted octanol–water partition coefficient (Wildman–Crippen LogP) is 5.95. The van der Waals surface area contributed by atoms with E-state index in [1.165, 1.54) is 32.4 Å². The van der Waals surface area contributed by atoms with Gasteiger partial charge >= 0.3 is 12.1 Å². The van der Waals surface area contributed by atoms with Gasteiger partial charge in [0.2, 0.25) is 0 Å². The van der Waals surface area contributed by atoms with Gasteiger partial charge in [-0.1, -0.05) is 18.2 Å². The lowest BCUT2D eigenvalue weighted by Gasteiger charge is -2.21. The van der Waals surface area contributed by atoms with Gasteiger partial charge < -0.3 is 14.8 Å². The summed E-state index contributed by atoms with van der Waals surface area (Å²) in [5.41, 5.74) is 0.950. The molecular formula is C25H29F4NO3.